The van der Waals surface area contributed by atoms with Gasteiger partial charge in [0, 0.05) is 32.5 Å². The van der Waals surface area contributed by atoms with E-state index in [0.717, 1.165) is 31.7 Å². The summed E-state index contributed by atoms with van der Waals surface area (Å²) in [6.45, 7) is 1.63. The summed E-state index contributed by atoms with van der Waals surface area (Å²) in [6.07, 6.45) is 12.8. The molecule has 3 heterocycles. The molecule has 0 bridgehead atoms. The van der Waals surface area contributed by atoms with Gasteiger partial charge in [0.05, 0.1) is 6.20 Å². The number of nitrogens with zero attached hydrogens (tertiary/aromatic N) is 4. The highest BCUT2D eigenvalue weighted by molar-refractivity contribution is 5.97. The minimum Gasteiger partial charge on any atom is -0.334 e. The molecule has 120 valence electrons. The third-order valence-electron chi connectivity index (χ3n) is 5.08. The third-order valence-corrected chi connectivity index (χ3v) is 5.08. The van der Waals surface area contributed by atoms with Crippen LogP contribution in [-0.4, -0.2) is 38.2 Å². The van der Waals surface area contributed by atoms with E-state index in [1.807, 2.05) is 41.0 Å². The molecule has 0 saturated carbocycles. The van der Waals surface area contributed by atoms with Crippen LogP contribution in [0.5, 0.6) is 0 Å². The number of carbonyl (C=O) groups is 1. The molecule has 0 aromatic carbocycles. The van der Waals surface area contributed by atoms with Crippen molar-refractivity contribution in [1.82, 2.24) is 19.2 Å². The number of amides is 1. The van der Waals surface area contributed by atoms with Crippen LogP contribution in [0.25, 0.3) is 5.82 Å². The molecule has 2 aliphatic rings. The van der Waals surface area contributed by atoms with E-state index in [2.05, 4.69) is 11.2 Å². The van der Waals surface area contributed by atoms with Crippen LogP contribution in [0.15, 0.2) is 42.4 Å². The van der Waals surface area contributed by atoms with Crippen molar-refractivity contribution in [2.24, 2.45) is 13.0 Å². The lowest BCUT2D eigenvalue weighted by Crippen LogP contribution is -2.40. The Kier molecular flexibility index (Phi) is 3.56. The van der Waals surface area contributed by atoms with E-state index in [4.69, 9.17) is 0 Å². The number of allylic oxidation sites excluding steroid dienone is 1. The summed E-state index contributed by atoms with van der Waals surface area (Å²) in [5.74, 6) is 1.62. The van der Waals surface area contributed by atoms with Crippen molar-refractivity contribution in [3.05, 3.63) is 47.9 Å². The van der Waals surface area contributed by atoms with E-state index >= 15 is 0 Å². The second-order valence-electron chi connectivity index (χ2n) is 6.52. The summed E-state index contributed by atoms with van der Waals surface area (Å²) in [7, 11) is 1.88. The zero-order chi connectivity index (χ0) is 15.8. The normalized spacial score (nSPS) is 21.0. The van der Waals surface area contributed by atoms with Crippen LogP contribution in [0.1, 0.15) is 36.0 Å². The summed E-state index contributed by atoms with van der Waals surface area (Å²) in [5.41, 5.74) is 2.14. The lowest BCUT2D eigenvalue weighted by molar-refractivity contribution is 0.0730. The van der Waals surface area contributed by atoms with Gasteiger partial charge in [0.1, 0.15) is 11.4 Å². The van der Waals surface area contributed by atoms with Gasteiger partial charge < -0.3 is 9.47 Å². The van der Waals surface area contributed by atoms with E-state index in [9.17, 15) is 4.79 Å². The molecule has 0 radical (unpaired) electrons. The van der Waals surface area contributed by atoms with Crippen LogP contribution < -0.4 is 0 Å². The first-order valence-electron chi connectivity index (χ1n) is 8.37. The Hall–Kier alpha value is -2.30. The lowest BCUT2D eigenvalue weighted by atomic mass is 9.82. The Morgan fingerprint density at radius 1 is 1.26 bits per heavy atom. The molecule has 1 atom stereocenters. The fourth-order valence-electron chi connectivity index (χ4n) is 3.85. The van der Waals surface area contributed by atoms with Gasteiger partial charge in [0.2, 0.25) is 0 Å². The molecule has 4 rings (SSSR count). The predicted molar refractivity (Wildman–Crippen MR) is 88.5 cm³/mol. The zero-order valence-corrected chi connectivity index (χ0v) is 13.5. The van der Waals surface area contributed by atoms with Gasteiger partial charge in [-0.2, -0.15) is 5.10 Å². The van der Waals surface area contributed by atoms with Crippen LogP contribution >= 0.6 is 0 Å². The van der Waals surface area contributed by atoms with Crippen molar-refractivity contribution in [3.63, 3.8) is 0 Å². The maximum Gasteiger partial charge on any atom is 0.259 e. The van der Waals surface area contributed by atoms with Gasteiger partial charge in [0.25, 0.3) is 5.91 Å². The van der Waals surface area contributed by atoms with E-state index in [1.54, 1.807) is 10.9 Å². The predicted octanol–water partition coefficient (Wildman–Crippen LogP) is 2.78. The Morgan fingerprint density at radius 3 is 2.91 bits per heavy atom. The molecule has 1 fully saturated rings. The first-order chi connectivity index (χ1) is 11.2. The number of piperidine rings is 1. The van der Waals surface area contributed by atoms with Gasteiger partial charge in [-0.3, -0.25) is 9.48 Å². The van der Waals surface area contributed by atoms with Gasteiger partial charge in [0.15, 0.2) is 0 Å². The quantitative estimate of drug-likeness (QED) is 0.801. The number of hydrogen-bond donors (Lipinski definition) is 0. The number of carbonyl (C=O) groups excluding carboxylic acids is 1. The summed E-state index contributed by atoms with van der Waals surface area (Å²) < 4.78 is 3.72. The van der Waals surface area contributed by atoms with Crippen LogP contribution in [0.4, 0.5) is 0 Å². The molecular weight excluding hydrogens is 288 g/mol. The standard InChI is InChI=1S/C18H22N4O/c1-20-17(21-9-4-5-10-21)16(12-19-20)18(23)22-11-8-14-6-2-3-7-15(14)13-22/h4-5,7,9-10,12,14H,2-3,6,8,11,13H2,1H3/t14-/m1/s1. The summed E-state index contributed by atoms with van der Waals surface area (Å²) in [5, 5.41) is 4.30. The summed E-state index contributed by atoms with van der Waals surface area (Å²) in [4.78, 5) is 15.0. The molecule has 1 aliphatic carbocycles. The van der Waals surface area contributed by atoms with Crippen LogP contribution in [0.3, 0.4) is 0 Å². The minimum absolute atomic E-state index is 0.0896. The number of likely N-dealkylation sites (tertiary alicyclic amines) is 1. The maximum atomic E-state index is 13.0. The van der Waals surface area contributed by atoms with Crippen molar-refractivity contribution in [3.8, 4) is 5.82 Å². The molecule has 2 aromatic heterocycles. The topological polar surface area (TPSA) is 43.1 Å². The van der Waals surface area contributed by atoms with E-state index in [1.165, 1.54) is 18.4 Å². The van der Waals surface area contributed by atoms with Gasteiger partial charge in [-0.15, -0.1) is 0 Å². The van der Waals surface area contributed by atoms with Crippen LogP contribution in [-0.2, 0) is 7.05 Å². The fraction of sp³-hybridized carbons (Fsp3) is 0.444. The highest BCUT2D eigenvalue weighted by Gasteiger charge is 2.30. The zero-order valence-electron chi connectivity index (χ0n) is 13.5. The van der Waals surface area contributed by atoms with E-state index < -0.39 is 0 Å². The Bertz CT molecular complexity index is 741. The molecule has 23 heavy (non-hydrogen) atoms. The smallest absolute Gasteiger partial charge is 0.259 e. The Balaban J connectivity index is 1.62. The van der Waals surface area contributed by atoms with Crippen molar-refractivity contribution in [2.75, 3.05) is 13.1 Å². The molecule has 1 saturated heterocycles. The summed E-state index contributed by atoms with van der Waals surface area (Å²) in [6, 6.07) is 3.92. The van der Waals surface area contributed by atoms with Gasteiger partial charge >= 0.3 is 0 Å². The maximum absolute atomic E-state index is 13.0. The molecule has 5 nitrogen and oxygen atoms in total. The molecule has 0 unspecified atom stereocenters. The number of aromatic nitrogens is 3. The van der Waals surface area contributed by atoms with Crippen LogP contribution in [0, 0.1) is 5.92 Å². The second kappa shape index (κ2) is 5.72. The number of fused-ring (bicyclic) bond motifs is 1. The number of rotatable bonds is 2. The lowest BCUT2D eigenvalue weighted by Gasteiger charge is -2.36. The highest BCUT2D eigenvalue weighted by atomic mass is 16.2. The minimum atomic E-state index is 0.0896. The van der Waals surface area contributed by atoms with Crippen molar-refractivity contribution < 1.29 is 4.79 Å². The van der Waals surface area contributed by atoms with Gasteiger partial charge in [-0.05, 0) is 43.7 Å². The Labute approximate surface area is 136 Å². The van der Waals surface area contributed by atoms with E-state index in [-0.39, 0.29) is 5.91 Å². The van der Waals surface area contributed by atoms with E-state index in [0.29, 0.717) is 11.5 Å². The SMILES string of the molecule is Cn1ncc(C(=O)N2CC[C@H]3CCCC=C3C2)c1-n1cccc1. The monoisotopic (exact) mass is 310 g/mol. The average molecular weight is 310 g/mol. The third kappa shape index (κ3) is 2.50. The molecule has 1 aliphatic heterocycles. The summed E-state index contributed by atoms with van der Waals surface area (Å²) >= 11 is 0. The number of hydrogen-bond acceptors (Lipinski definition) is 2. The molecule has 2 aromatic rings. The Morgan fingerprint density at radius 2 is 2.09 bits per heavy atom. The van der Waals surface area contributed by atoms with Crippen molar-refractivity contribution in [2.45, 2.75) is 25.7 Å². The first-order valence-corrected chi connectivity index (χ1v) is 8.37. The van der Waals surface area contributed by atoms with Crippen LogP contribution in [0.2, 0.25) is 0 Å². The molecule has 0 N–H and O–H groups in total. The van der Waals surface area contributed by atoms with Crippen molar-refractivity contribution >= 4 is 5.91 Å². The fourth-order valence-corrected chi connectivity index (χ4v) is 3.85. The molecule has 0 spiro atoms. The van der Waals surface area contributed by atoms with Gasteiger partial charge in [-0.1, -0.05) is 11.6 Å². The van der Waals surface area contributed by atoms with Gasteiger partial charge in [-0.25, -0.2) is 0 Å². The molecule has 5 heteroatoms. The number of aryl methyl sites for hydroxylation is 1. The second-order valence-corrected chi connectivity index (χ2v) is 6.52. The largest absolute Gasteiger partial charge is 0.334 e. The van der Waals surface area contributed by atoms with Crippen molar-refractivity contribution in [1.29, 1.82) is 0 Å². The first kappa shape index (κ1) is 14.3. The highest BCUT2D eigenvalue weighted by Crippen LogP contribution is 2.32. The molecule has 1 amide bonds. The molecular formula is C18H22N4O. The average Bonchev–Trinajstić information content (AvgIpc) is 3.23.